The Morgan fingerprint density at radius 3 is 2.00 bits per heavy atom. The summed E-state index contributed by atoms with van der Waals surface area (Å²) in [5.74, 6) is 2.43. The second-order valence-corrected chi connectivity index (χ2v) is 3.73. The first-order valence-electron chi connectivity index (χ1n) is 5.83. The molecule has 0 spiro atoms. The lowest BCUT2D eigenvalue weighted by Crippen LogP contribution is -2.03. The van der Waals surface area contributed by atoms with Crippen LogP contribution in [0.25, 0.3) is 0 Å². The fourth-order valence-electron chi connectivity index (χ4n) is 1.47. The van der Waals surface area contributed by atoms with Gasteiger partial charge in [-0.2, -0.15) is 0 Å². The van der Waals surface area contributed by atoms with E-state index in [1.165, 1.54) is 0 Å². The summed E-state index contributed by atoms with van der Waals surface area (Å²) < 4.78 is 16.1. The van der Waals surface area contributed by atoms with E-state index in [0.717, 1.165) is 17.2 Å². The van der Waals surface area contributed by atoms with Gasteiger partial charge in [-0.25, -0.2) is 0 Å². The minimum absolute atomic E-state index is 0.551. The number of rotatable bonds is 6. The smallest absolute Gasteiger partial charge is 0.127 e. The van der Waals surface area contributed by atoms with Gasteiger partial charge in [-0.1, -0.05) is 18.2 Å². The summed E-state index contributed by atoms with van der Waals surface area (Å²) in [5, 5.41) is 0. The van der Waals surface area contributed by atoms with Gasteiger partial charge in [0.25, 0.3) is 0 Å². The van der Waals surface area contributed by atoms with Crippen LogP contribution >= 0.6 is 0 Å². The highest BCUT2D eigenvalue weighted by molar-refractivity contribution is 5.35. The maximum Gasteiger partial charge on any atom is 0.127 e. The molecule has 0 N–H and O–H groups in total. The molecular formula is C15H16O3. The molecule has 3 nitrogen and oxygen atoms in total. The molecule has 2 aromatic rings. The summed E-state index contributed by atoms with van der Waals surface area (Å²) >= 11 is 0. The van der Waals surface area contributed by atoms with Crippen LogP contribution in [0.3, 0.4) is 0 Å². The van der Waals surface area contributed by atoms with E-state index in [-0.39, 0.29) is 0 Å². The molecule has 0 aliphatic rings. The number of para-hydroxylation sites is 1. The molecule has 0 fully saturated rings. The van der Waals surface area contributed by atoms with Gasteiger partial charge in [-0.05, 0) is 36.4 Å². The molecule has 0 aliphatic heterocycles. The number of ether oxygens (including phenoxy) is 3. The molecular weight excluding hydrogens is 228 g/mol. The lowest BCUT2D eigenvalue weighted by Gasteiger charge is -2.08. The van der Waals surface area contributed by atoms with Crippen LogP contribution in [0.4, 0.5) is 0 Å². The molecule has 0 aliphatic carbocycles. The third-order valence-electron chi connectivity index (χ3n) is 2.36. The van der Waals surface area contributed by atoms with Crippen molar-refractivity contribution in [2.45, 2.75) is 0 Å². The first-order chi connectivity index (χ1) is 8.88. The zero-order valence-electron chi connectivity index (χ0n) is 10.3. The normalized spacial score (nSPS) is 10.1. The van der Waals surface area contributed by atoms with Crippen LogP contribution in [0.15, 0.2) is 54.6 Å². The molecule has 0 amide bonds. The van der Waals surface area contributed by atoms with E-state index in [9.17, 15) is 0 Å². The van der Waals surface area contributed by atoms with E-state index in [0.29, 0.717) is 13.2 Å². The predicted octanol–water partition coefficient (Wildman–Crippen LogP) is 3.50. The lowest BCUT2D eigenvalue weighted by molar-refractivity contribution is 0.146. The molecule has 0 saturated heterocycles. The van der Waals surface area contributed by atoms with Crippen molar-refractivity contribution >= 4 is 0 Å². The first-order valence-corrected chi connectivity index (χ1v) is 5.83. The van der Waals surface area contributed by atoms with Crippen molar-refractivity contribution in [3.8, 4) is 17.2 Å². The molecule has 0 radical (unpaired) electrons. The predicted molar refractivity (Wildman–Crippen MR) is 70.3 cm³/mol. The fraction of sp³-hybridized carbons (Fsp3) is 0.200. The minimum atomic E-state index is 0.551. The molecule has 0 aromatic heterocycles. The zero-order chi connectivity index (χ0) is 12.6. The summed E-state index contributed by atoms with van der Waals surface area (Å²) in [4.78, 5) is 0. The molecule has 3 heteroatoms. The Balaban J connectivity index is 1.91. The van der Waals surface area contributed by atoms with Gasteiger partial charge in [0.2, 0.25) is 0 Å². The quantitative estimate of drug-likeness (QED) is 0.728. The second-order valence-electron chi connectivity index (χ2n) is 3.73. The summed E-state index contributed by atoms with van der Waals surface area (Å²) in [6, 6.07) is 17.2. The van der Waals surface area contributed by atoms with Crippen molar-refractivity contribution in [1.29, 1.82) is 0 Å². The fourth-order valence-corrected chi connectivity index (χ4v) is 1.47. The van der Waals surface area contributed by atoms with Crippen molar-refractivity contribution in [2.24, 2.45) is 0 Å². The van der Waals surface area contributed by atoms with Crippen LogP contribution in [0.5, 0.6) is 17.2 Å². The SMILES string of the molecule is COCCOc1ccc(Oc2ccccc2)cc1. The Labute approximate surface area is 107 Å². The first kappa shape index (κ1) is 12.5. The summed E-state index contributed by atoms with van der Waals surface area (Å²) in [7, 11) is 1.65. The maximum absolute atomic E-state index is 5.68. The van der Waals surface area contributed by atoms with Crippen LogP contribution in [-0.4, -0.2) is 20.3 Å². The van der Waals surface area contributed by atoms with E-state index in [4.69, 9.17) is 14.2 Å². The monoisotopic (exact) mass is 244 g/mol. The van der Waals surface area contributed by atoms with E-state index in [1.54, 1.807) is 7.11 Å². The van der Waals surface area contributed by atoms with Crippen LogP contribution in [0.2, 0.25) is 0 Å². The summed E-state index contributed by atoms with van der Waals surface area (Å²) in [5.41, 5.74) is 0. The van der Waals surface area contributed by atoms with Crippen LogP contribution < -0.4 is 9.47 Å². The number of hydrogen-bond acceptors (Lipinski definition) is 3. The molecule has 0 atom stereocenters. The average molecular weight is 244 g/mol. The Kier molecular flexibility index (Phi) is 4.61. The van der Waals surface area contributed by atoms with Gasteiger partial charge in [0.15, 0.2) is 0 Å². The van der Waals surface area contributed by atoms with E-state index in [2.05, 4.69) is 0 Å². The second kappa shape index (κ2) is 6.67. The highest BCUT2D eigenvalue weighted by Gasteiger charge is 1.97. The molecule has 2 rings (SSSR count). The van der Waals surface area contributed by atoms with Crippen molar-refractivity contribution in [1.82, 2.24) is 0 Å². The highest BCUT2D eigenvalue weighted by atomic mass is 16.5. The largest absolute Gasteiger partial charge is 0.491 e. The zero-order valence-corrected chi connectivity index (χ0v) is 10.3. The standard InChI is InChI=1S/C15H16O3/c1-16-11-12-17-13-7-9-15(10-8-13)18-14-5-3-2-4-6-14/h2-10H,11-12H2,1H3. The Hall–Kier alpha value is -2.00. The van der Waals surface area contributed by atoms with Crippen LogP contribution in [0.1, 0.15) is 0 Å². The molecule has 18 heavy (non-hydrogen) atoms. The molecule has 0 saturated carbocycles. The van der Waals surface area contributed by atoms with Gasteiger partial charge < -0.3 is 14.2 Å². The van der Waals surface area contributed by atoms with E-state index in [1.807, 2.05) is 54.6 Å². The molecule has 0 unspecified atom stereocenters. The van der Waals surface area contributed by atoms with Gasteiger partial charge in [-0.15, -0.1) is 0 Å². The van der Waals surface area contributed by atoms with Crippen molar-refractivity contribution < 1.29 is 14.2 Å². The maximum atomic E-state index is 5.68. The molecule has 2 aromatic carbocycles. The average Bonchev–Trinajstić information content (AvgIpc) is 2.42. The van der Waals surface area contributed by atoms with Crippen molar-refractivity contribution in [3.63, 3.8) is 0 Å². The number of benzene rings is 2. The lowest BCUT2D eigenvalue weighted by atomic mass is 10.3. The molecule has 0 heterocycles. The third kappa shape index (κ3) is 3.79. The molecule has 94 valence electrons. The van der Waals surface area contributed by atoms with Crippen LogP contribution in [-0.2, 0) is 4.74 Å². The van der Waals surface area contributed by atoms with Gasteiger partial charge in [-0.3, -0.25) is 0 Å². The highest BCUT2D eigenvalue weighted by Crippen LogP contribution is 2.23. The number of methoxy groups -OCH3 is 1. The van der Waals surface area contributed by atoms with Gasteiger partial charge in [0, 0.05) is 7.11 Å². The van der Waals surface area contributed by atoms with Crippen molar-refractivity contribution in [3.05, 3.63) is 54.6 Å². The minimum Gasteiger partial charge on any atom is -0.491 e. The molecule has 0 bridgehead atoms. The third-order valence-corrected chi connectivity index (χ3v) is 2.36. The van der Waals surface area contributed by atoms with Gasteiger partial charge in [0.1, 0.15) is 23.9 Å². The van der Waals surface area contributed by atoms with Crippen molar-refractivity contribution in [2.75, 3.05) is 20.3 Å². The Morgan fingerprint density at radius 1 is 0.722 bits per heavy atom. The topological polar surface area (TPSA) is 27.7 Å². The number of hydrogen-bond donors (Lipinski definition) is 0. The van der Waals surface area contributed by atoms with Crippen LogP contribution in [0, 0.1) is 0 Å². The van der Waals surface area contributed by atoms with Gasteiger partial charge in [0.05, 0.1) is 6.61 Å². The Morgan fingerprint density at radius 2 is 1.33 bits per heavy atom. The summed E-state index contributed by atoms with van der Waals surface area (Å²) in [6.45, 7) is 1.14. The van der Waals surface area contributed by atoms with E-state index >= 15 is 0 Å². The van der Waals surface area contributed by atoms with E-state index < -0.39 is 0 Å². The summed E-state index contributed by atoms with van der Waals surface area (Å²) in [6.07, 6.45) is 0. The Bertz CT molecular complexity index is 451. The van der Waals surface area contributed by atoms with Gasteiger partial charge >= 0.3 is 0 Å².